The monoisotopic (exact) mass is 368 g/mol. The third-order valence-corrected chi connectivity index (χ3v) is 5.14. The Morgan fingerprint density at radius 1 is 1.40 bits per heavy atom. The lowest BCUT2D eigenvalue weighted by Crippen LogP contribution is -2.39. The highest BCUT2D eigenvalue weighted by molar-refractivity contribution is 7.13. The molecule has 7 nitrogen and oxygen atoms in total. The zero-order valence-electron chi connectivity index (χ0n) is 12.7. The number of hydrogen-bond donors (Lipinski definition) is 3. The molecule has 1 aliphatic rings. The minimum Gasteiger partial charge on any atom is -0.394 e. The average molecular weight is 368 g/mol. The summed E-state index contributed by atoms with van der Waals surface area (Å²) >= 11 is 1.42. The Morgan fingerprint density at radius 3 is 2.84 bits per heavy atom. The Hall–Kier alpha value is -2.14. The van der Waals surface area contributed by atoms with Crippen molar-refractivity contribution < 1.29 is 23.7 Å². The number of aliphatic hydroxyl groups is 2. The molecule has 3 aromatic heterocycles. The van der Waals surface area contributed by atoms with E-state index in [0.717, 1.165) is 9.44 Å². The third-order valence-electron chi connectivity index (χ3n) is 4.24. The molecule has 4 N–H and O–H groups in total. The van der Waals surface area contributed by atoms with Crippen molar-refractivity contribution in [2.24, 2.45) is 0 Å². The van der Waals surface area contributed by atoms with E-state index in [0.29, 0.717) is 10.9 Å². The Labute approximate surface area is 144 Å². The number of nitrogen functional groups attached to an aromatic ring is 1. The van der Waals surface area contributed by atoms with Crippen molar-refractivity contribution in [1.82, 2.24) is 14.5 Å². The van der Waals surface area contributed by atoms with Crippen molar-refractivity contribution in [3.63, 3.8) is 0 Å². The molecule has 0 radical (unpaired) electrons. The number of halogens is 2. The van der Waals surface area contributed by atoms with Crippen molar-refractivity contribution >= 4 is 28.2 Å². The van der Waals surface area contributed by atoms with Crippen molar-refractivity contribution in [1.29, 1.82) is 0 Å². The summed E-state index contributed by atoms with van der Waals surface area (Å²) in [6.45, 7) is -0.721. The van der Waals surface area contributed by atoms with E-state index in [1.807, 2.05) is 17.5 Å². The number of nitrogens with zero attached hydrogens (tertiary/aromatic N) is 3. The predicted molar refractivity (Wildman–Crippen MR) is 87.2 cm³/mol. The van der Waals surface area contributed by atoms with E-state index in [1.54, 1.807) is 0 Å². The maximum Gasteiger partial charge on any atom is 0.320 e. The van der Waals surface area contributed by atoms with Gasteiger partial charge in [0, 0.05) is 16.6 Å². The van der Waals surface area contributed by atoms with Crippen LogP contribution in [0.2, 0.25) is 0 Å². The van der Waals surface area contributed by atoms with E-state index in [2.05, 4.69) is 9.97 Å². The first-order chi connectivity index (χ1) is 11.9. The van der Waals surface area contributed by atoms with Crippen molar-refractivity contribution in [3.05, 3.63) is 30.0 Å². The Bertz CT molecular complexity index is 915. The van der Waals surface area contributed by atoms with Gasteiger partial charge in [0.15, 0.2) is 6.10 Å². The van der Waals surface area contributed by atoms with Crippen molar-refractivity contribution in [3.8, 4) is 10.4 Å². The molecule has 0 bridgehead atoms. The first-order valence-corrected chi connectivity index (χ1v) is 8.30. The molecule has 25 heavy (non-hydrogen) atoms. The van der Waals surface area contributed by atoms with Crippen LogP contribution < -0.4 is 5.73 Å². The van der Waals surface area contributed by atoms with Crippen LogP contribution in [0.1, 0.15) is 6.23 Å². The van der Waals surface area contributed by atoms with Gasteiger partial charge in [-0.25, -0.2) is 9.97 Å². The highest BCUT2D eigenvalue weighted by Crippen LogP contribution is 2.46. The largest absolute Gasteiger partial charge is 0.394 e. The minimum absolute atomic E-state index is 0.160. The number of alkyl halides is 2. The van der Waals surface area contributed by atoms with Crippen LogP contribution in [0.4, 0.5) is 14.6 Å². The number of fused-ring (bicyclic) bond motifs is 1. The summed E-state index contributed by atoms with van der Waals surface area (Å²) in [7, 11) is 0. The number of aliphatic hydroxyl groups excluding tert-OH is 2. The van der Waals surface area contributed by atoms with Crippen LogP contribution in [0, 0.1) is 0 Å². The smallest absolute Gasteiger partial charge is 0.320 e. The van der Waals surface area contributed by atoms with E-state index >= 15 is 0 Å². The number of aromatic nitrogens is 3. The Morgan fingerprint density at radius 2 is 2.20 bits per heavy atom. The van der Waals surface area contributed by atoms with Gasteiger partial charge in [-0.3, -0.25) is 4.57 Å². The maximum absolute atomic E-state index is 14.5. The third kappa shape index (κ3) is 2.33. The number of hydrogen-bond acceptors (Lipinski definition) is 7. The first kappa shape index (κ1) is 16.3. The van der Waals surface area contributed by atoms with Gasteiger partial charge < -0.3 is 20.7 Å². The standard InChI is InChI=1S/C15H14F2N4O3S/c16-15(17)11(23)8(5-22)24-14(15)21-4-7(9-2-1-3-25-9)10-12(18)19-6-20-13(10)21/h1-4,6,8,11,14,22-23H,5H2,(H2,18,19,20)/t8-,11-,14-/m1/s1. The average Bonchev–Trinajstić information content (AvgIpc) is 3.27. The van der Waals surface area contributed by atoms with Gasteiger partial charge in [0.05, 0.1) is 12.0 Å². The quantitative estimate of drug-likeness (QED) is 0.649. The summed E-state index contributed by atoms with van der Waals surface area (Å²) in [6.07, 6.45) is -2.68. The van der Waals surface area contributed by atoms with Crippen molar-refractivity contribution in [2.45, 2.75) is 24.4 Å². The SMILES string of the molecule is Nc1ncnc2c1c(-c1cccs1)cn2[C@@H]1O[C@H](CO)[C@@H](O)C1(F)F. The summed E-state index contributed by atoms with van der Waals surface area (Å²) in [5, 5.41) is 21.2. The molecule has 0 unspecified atom stereocenters. The molecule has 0 saturated carbocycles. The summed E-state index contributed by atoms with van der Waals surface area (Å²) in [5.41, 5.74) is 6.72. The number of ether oxygens (including phenoxy) is 1. The van der Waals surface area contributed by atoms with Gasteiger partial charge in [-0.15, -0.1) is 11.3 Å². The lowest BCUT2D eigenvalue weighted by atomic mass is 10.1. The van der Waals surface area contributed by atoms with Gasteiger partial charge in [-0.1, -0.05) is 6.07 Å². The molecule has 0 amide bonds. The molecule has 10 heteroatoms. The lowest BCUT2D eigenvalue weighted by molar-refractivity contribution is -0.137. The number of anilines is 1. The van der Waals surface area contributed by atoms with Crippen LogP contribution >= 0.6 is 11.3 Å². The fraction of sp³-hybridized carbons (Fsp3) is 0.333. The zero-order valence-corrected chi connectivity index (χ0v) is 13.5. The summed E-state index contributed by atoms with van der Waals surface area (Å²) < 4.78 is 35.4. The molecule has 3 atom stereocenters. The Kier molecular flexibility index (Phi) is 3.72. The van der Waals surface area contributed by atoms with E-state index in [4.69, 9.17) is 10.5 Å². The molecular formula is C15H14F2N4O3S. The number of rotatable bonds is 3. The molecule has 4 heterocycles. The van der Waals surface area contributed by atoms with Gasteiger partial charge in [0.2, 0.25) is 6.23 Å². The summed E-state index contributed by atoms with van der Waals surface area (Å²) in [4.78, 5) is 8.83. The summed E-state index contributed by atoms with van der Waals surface area (Å²) in [6, 6.07) is 3.66. The Balaban J connectivity index is 1.93. The van der Waals surface area contributed by atoms with Gasteiger partial charge in [-0.2, -0.15) is 8.78 Å². The first-order valence-electron chi connectivity index (χ1n) is 7.42. The normalized spacial score (nSPS) is 25.7. The number of nitrogens with two attached hydrogens (primary N) is 1. The van der Waals surface area contributed by atoms with Gasteiger partial charge in [0.25, 0.3) is 0 Å². The highest BCUT2D eigenvalue weighted by atomic mass is 32.1. The molecule has 1 aliphatic heterocycles. The summed E-state index contributed by atoms with van der Waals surface area (Å²) in [5.74, 6) is -3.45. The number of thiophene rings is 1. The minimum atomic E-state index is -3.61. The molecule has 1 fully saturated rings. The fourth-order valence-corrected chi connectivity index (χ4v) is 3.77. The molecule has 0 aromatic carbocycles. The molecule has 3 aromatic rings. The van der Waals surface area contributed by atoms with Gasteiger partial charge >= 0.3 is 5.92 Å². The fourth-order valence-electron chi connectivity index (χ4n) is 3.02. The van der Waals surface area contributed by atoms with Crippen LogP contribution in [0.3, 0.4) is 0 Å². The molecule has 0 aliphatic carbocycles. The molecule has 4 rings (SSSR count). The van der Waals surface area contributed by atoms with E-state index in [1.165, 1.54) is 23.9 Å². The van der Waals surface area contributed by atoms with E-state index in [-0.39, 0.29) is 11.5 Å². The second-order valence-electron chi connectivity index (χ2n) is 5.71. The lowest BCUT2D eigenvalue weighted by Gasteiger charge is -2.21. The molecule has 0 spiro atoms. The second-order valence-corrected chi connectivity index (χ2v) is 6.66. The van der Waals surface area contributed by atoms with Crippen LogP contribution in [0.25, 0.3) is 21.5 Å². The van der Waals surface area contributed by atoms with Crippen molar-refractivity contribution in [2.75, 3.05) is 12.3 Å². The van der Waals surface area contributed by atoms with Gasteiger partial charge in [0.1, 0.15) is 23.9 Å². The molecule has 132 valence electrons. The highest BCUT2D eigenvalue weighted by Gasteiger charge is 2.59. The maximum atomic E-state index is 14.5. The van der Waals surface area contributed by atoms with Crippen LogP contribution in [0.5, 0.6) is 0 Å². The van der Waals surface area contributed by atoms with E-state index < -0.39 is 31.0 Å². The molecule has 1 saturated heterocycles. The van der Waals surface area contributed by atoms with Crippen LogP contribution in [0.15, 0.2) is 30.0 Å². The second kappa shape index (κ2) is 5.70. The van der Waals surface area contributed by atoms with Gasteiger partial charge in [-0.05, 0) is 11.4 Å². The van der Waals surface area contributed by atoms with E-state index in [9.17, 15) is 19.0 Å². The van der Waals surface area contributed by atoms with Crippen LogP contribution in [-0.2, 0) is 4.74 Å². The molecular weight excluding hydrogens is 354 g/mol. The zero-order chi connectivity index (χ0) is 17.8. The predicted octanol–water partition coefficient (Wildman–Crippen LogP) is 1.63. The van der Waals surface area contributed by atoms with Crippen LogP contribution in [-0.4, -0.2) is 49.5 Å². The topological polar surface area (TPSA) is 106 Å².